The number of oxazole rings is 1. The largest absolute Gasteiger partial charge is 0.444 e. The monoisotopic (exact) mass is 246 g/mol. The van der Waals surface area contributed by atoms with E-state index in [1.165, 1.54) is 0 Å². The Balaban J connectivity index is 2.06. The van der Waals surface area contributed by atoms with Crippen molar-refractivity contribution < 1.29 is 4.42 Å². The van der Waals surface area contributed by atoms with Crippen molar-refractivity contribution >= 4 is 11.5 Å². The minimum atomic E-state index is 0.0237. The second kappa shape index (κ2) is 5.53. The molecule has 0 radical (unpaired) electrons. The molecule has 2 rings (SSSR count). The van der Waals surface area contributed by atoms with Crippen molar-refractivity contribution in [2.45, 2.75) is 26.8 Å². The van der Waals surface area contributed by atoms with Crippen molar-refractivity contribution in [1.29, 1.82) is 0 Å². The fourth-order valence-corrected chi connectivity index (χ4v) is 1.68. The van der Waals surface area contributed by atoms with Crippen molar-refractivity contribution in [3.63, 3.8) is 0 Å². The Kier molecular flexibility index (Phi) is 3.82. The Morgan fingerprint density at radius 1 is 1.39 bits per heavy atom. The lowest BCUT2D eigenvalue weighted by Crippen LogP contribution is -2.07. The first-order chi connectivity index (χ1) is 8.69. The number of hydrogen-bond acceptors (Lipinski definition) is 5. The second-order valence-corrected chi connectivity index (χ2v) is 4.14. The molecule has 2 aromatic heterocycles. The molecule has 0 saturated heterocycles. The SMILES string of the molecule is CCNc1cc(NC(C)c2ncc(C)o2)ccn1. The molecule has 0 bridgehead atoms. The molecule has 0 saturated carbocycles. The van der Waals surface area contributed by atoms with Gasteiger partial charge in [-0.05, 0) is 26.8 Å². The molecule has 0 aliphatic rings. The predicted molar refractivity (Wildman–Crippen MR) is 71.7 cm³/mol. The van der Waals surface area contributed by atoms with E-state index >= 15 is 0 Å². The van der Waals surface area contributed by atoms with Gasteiger partial charge in [0.25, 0.3) is 0 Å². The van der Waals surface area contributed by atoms with Gasteiger partial charge in [-0.1, -0.05) is 0 Å². The van der Waals surface area contributed by atoms with Crippen molar-refractivity contribution in [2.24, 2.45) is 0 Å². The van der Waals surface area contributed by atoms with Crippen LogP contribution in [0.3, 0.4) is 0 Å². The van der Waals surface area contributed by atoms with Crippen LogP contribution in [0, 0.1) is 6.92 Å². The summed E-state index contributed by atoms with van der Waals surface area (Å²) < 4.78 is 5.49. The molecule has 5 heteroatoms. The minimum absolute atomic E-state index is 0.0237. The van der Waals surface area contributed by atoms with Crippen LogP contribution in [-0.4, -0.2) is 16.5 Å². The predicted octanol–water partition coefficient (Wildman–Crippen LogP) is 2.98. The zero-order valence-electron chi connectivity index (χ0n) is 10.9. The van der Waals surface area contributed by atoms with E-state index in [1.54, 1.807) is 12.4 Å². The van der Waals surface area contributed by atoms with E-state index in [0.29, 0.717) is 5.89 Å². The zero-order chi connectivity index (χ0) is 13.0. The van der Waals surface area contributed by atoms with Crippen molar-refractivity contribution in [2.75, 3.05) is 17.2 Å². The maximum absolute atomic E-state index is 5.49. The number of aromatic nitrogens is 2. The highest BCUT2D eigenvalue weighted by Gasteiger charge is 2.11. The lowest BCUT2D eigenvalue weighted by molar-refractivity contribution is 0.453. The summed E-state index contributed by atoms with van der Waals surface area (Å²) in [6.45, 7) is 6.79. The molecule has 96 valence electrons. The van der Waals surface area contributed by atoms with E-state index in [1.807, 2.05) is 32.9 Å². The summed E-state index contributed by atoms with van der Waals surface area (Å²) in [7, 11) is 0. The molecule has 0 fully saturated rings. The summed E-state index contributed by atoms with van der Waals surface area (Å²) in [5.41, 5.74) is 0.990. The number of nitrogens with zero attached hydrogens (tertiary/aromatic N) is 2. The molecular weight excluding hydrogens is 228 g/mol. The van der Waals surface area contributed by atoms with Gasteiger partial charge in [-0.25, -0.2) is 9.97 Å². The molecule has 0 aliphatic carbocycles. The van der Waals surface area contributed by atoms with Gasteiger partial charge in [0.1, 0.15) is 17.6 Å². The van der Waals surface area contributed by atoms with Crippen LogP contribution in [0.1, 0.15) is 31.5 Å². The first-order valence-corrected chi connectivity index (χ1v) is 6.08. The van der Waals surface area contributed by atoms with Crippen LogP contribution in [0.15, 0.2) is 28.9 Å². The fourth-order valence-electron chi connectivity index (χ4n) is 1.68. The van der Waals surface area contributed by atoms with E-state index in [4.69, 9.17) is 4.42 Å². The van der Waals surface area contributed by atoms with Crippen LogP contribution in [0.4, 0.5) is 11.5 Å². The highest BCUT2D eigenvalue weighted by atomic mass is 16.4. The van der Waals surface area contributed by atoms with Gasteiger partial charge in [0.05, 0.1) is 6.20 Å². The van der Waals surface area contributed by atoms with Gasteiger partial charge in [0, 0.05) is 24.5 Å². The Hall–Kier alpha value is -2.04. The summed E-state index contributed by atoms with van der Waals surface area (Å²) in [5, 5.41) is 6.51. The minimum Gasteiger partial charge on any atom is -0.444 e. The Labute approximate surface area is 107 Å². The van der Waals surface area contributed by atoms with E-state index in [0.717, 1.165) is 23.8 Å². The van der Waals surface area contributed by atoms with Crippen LogP contribution < -0.4 is 10.6 Å². The third kappa shape index (κ3) is 3.00. The van der Waals surface area contributed by atoms with Crippen molar-refractivity contribution in [1.82, 2.24) is 9.97 Å². The Bertz CT molecular complexity index is 509. The summed E-state index contributed by atoms with van der Waals surface area (Å²) in [4.78, 5) is 8.43. The lowest BCUT2D eigenvalue weighted by atomic mass is 10.3. The molecule has 0 aliphatic heterocycles. The van der Waals surface area contributed by atoms with Gasteiger partial charge in [-0.3, -0.25) is 0 Å². The zero-order valence-corrected chi connectivity index (χ0v) is 10.9. The molecule has 2 aromatic rings. The van der Waals surface area contributed by atoms with Gasteiger partial charge < -0.3 is 15.1 Å². The van der Waals surface area contributed by atoms with Crippen LogP contribution in [0.5, 0.6) is 0 Å². The van der Waals surface area contributed by atoms with Gasteiger partial charge in [-0.2, -0.15) is 0 Å². The third-order valence-corrected chi connectivity index (χ3v) is 2.51. The summed E-state index contributed by atoms with van der Waals surface area (Å²) in [5.74, 6) is 2.37. The van der Waals surface area contributed by atoms with E-state index in [2.05, 4.69) is 20.6 Å². The number of anilines is 2. The molecule has 0 spiro atoms. The van der Waals surface area contributed by atoms with Gasteiger partial charge in [0.2, 0.25) is 5.89 Å². The van der Waals surface area contributed by atoms with E-state index in [-0.39, 0.29) is 6.04 Å². The van der Waals surface area contributed by atoms with Gasteiger partial charge in [-0.15, -0.1) is 0 Å². The number of aryl methyl sites for hydroxylation is 1. The molecule has 0 amide bonds. The Morgan fingerprint density at radius 2 is 2.22 bits per heavy atom. The molecule has 18 heavy (non-hydrogen) atoms. The third-order valence-electron chi connectivity index (χ3n) is 2.51. The fraction of sp³-hybridized carbons (Fsp3) is 0.385. The molecule has 2 N–H and O–H groups in total. The average Bonchev–Trinajstić information content (AvgIpc) is 2.77. The first-order valence-electron chi connectivity index (χ1n) is 6.08. The first kappa shape index (κ1) is 12.4. The molecule has 0 aromatic carbocycles. The number of pyridine rings is 1. The van der Waals surface area contributed by atoms with Crippen LogP contribution in [0.2, 0.25) is 0 Å². The van der Waals surface area contributed by atoms with Gasteiger partial charge >= 0.3 is 0 Å². The quantitative estimate of drug-likeness (QED) is 0.849. The second-order valence-electron chi connectivity index (χ2n) is 4.14. The molecule has 1 unspecified atom stereocenters. The average molecular weight is 246 g/mol. The number of nitrogens with one attached hydrogen (secondary N) is 2. The van der Waals surface area contributed by atoms with Gasteiger partial charge in [0.15, 0.2) is 0 Å². The van der Waals surface area contributed by atoms with Crippen LogP contribution in [0.25, 0.3) is 0 Å². The number of hydrogen-bond donors (Lipinski definition) is 2. The van der Waals surface area contributed by atoms with E-state index < -0.39 is 0 Å². The smallest absolute Gasteiger partial charge is 0.216 e. The highest BCUT2D eigenvalue weighted by Crippen LogP contribution is 2.20. The highest BCUT2D eigenvalue weighted by molar-refractivity contribution is 5.52. The van der Waals surface area contributed by atoms with E-state index in [9.17, 15) is 0 Å². The normalized spacial score (nSPS) is 12.2. The summed E-state index contributed by atoms with van der Waals surface area (Å²) in [6.07, 6.45) is 3.50. The van der Waals surface area contributed by atoms with Crippen LogP contribution in [-0.2, 0) is 0 Å². The maximum atomic E-state index is 5.49. The van der Waals surface area contributed by atoms with Crippen LogP contribution >= 0.6 is 0 Å². The van der Waals surface area contributed by atoms with Crippen molar-refractivity contribution in [3.05, 3.63) is 36.2 Å². The Morgan fingerprint density at radius 3 is 2.89 bits per heavy atom. The topological polar surface area (TPSA) is 63.0 Å². The lowest BCUT2D eigenvalue weighted by Gasteiger charge is -2.12. The van der Waals surface area contributed by atoms with Crippen molar-refractivity contribution in [3.8, 4) is 0 Å². The molecular formula is C13H18N4O. The number of rotatable bonds is 5. The molecule has 5 nitrogen and oxygen atoms in total. The summed E-state index contributed by atoms with van der Waals surface area (Å²) >= 11 is 0. The molecule has 1 atom stereocenters. The maximum Gasteiger partial charge on any atom is 0.216 e. The standard InChI is InChI=1S/C13H18N4O/c1-4-14-12-7-11(5-6-15-12)17-10(3)13-16-8-9(2)18-13/h5-8,10H,4H2,1-3H3,(H2,14,15,17). The molecule has 2 heterocycles. The summed E-state index contributed by atoms with van der Waals surface area (Å²) in [6, 6.07) is 3.92.